The van der Waals surface area contributed by atoms with Crippen molar-refractivity contribution in [3.05, 3.63) is 28.2 Å². The predicted octanol–water partition coefficient (Wildman–Crippen LogP) is -0.523. The van der Waals surface area contributed by atoms with E-state index >= 15 is 0 Å². The second-order valence-corrected chi connectivity index (χ2v) is 4.67. The molecule has 0 bridgehead atoms. The van der Waals surface area contributed by atoms with Gasteiger partial charge in [0.25, 0.3) is 5.56 Å². The molecular weight excluding hydrogens is 210 g/mol. The average molecular weight is 217 g/mol. The van der Waals surface area contributed by atoms with Crippen LogP contribution in [0.15, 0.2) is 22.0 Å². The number of H-pyrrole nitrogens is 1. The third-order valence-corrected chi connectivity index (χ3v) is 2.63. The van der Waals surface area contributed by atoms with Crippen molar-refractivity contribution in [1.29, 1.82) is 0 Å². The number of carboxylic acid groups (broad SMARTS) is 1. The van der Waals surface area contributed by atoms with Crippen LogP contribution in [-0.2, 0) is 9.84 Å². The van der Waals surface area contributed by atoms with E-state index in [1.54, 1.807) is 0 Å². The van der Waals surface area contributed by atoms with Crippen molar-refractivity contribution in [2.45, 2.75) is 4.90 Å². The van der Waals surface area contributed by atoms with E-state index in [0.29, 0.717) is 0 Å². The first-order valence-electron chi connectivity index (χ1n) is 3.48. The summed E-state index contributed by atoms with van der Waals surface area (Å²) in [7, 11) is -3.51. The molecular formula is C7H7NO5S. The summed E-state index contributed by atoms with van der Waals surface area (Å²) in [6.07, 6.45) is 1.89. The topological polar surface area (TPSA) is 104 Å². The predicted molar refractivity (Wildman–Crippen MR) is 47.1 cm³/mol. The number of sulfone groups is 1. The van der Waals surface area contributed by atoms with Crippen molar-refractivity contribution in [3.8, 4) is 0 Å². The van der Waals surface area contributed by atoms with Crippen molar-refractivity contribution in [3.63, 3.8) is 0 Å². The minimum Gasteiger partial charge on any atom is -0.477 e. The Labute approximate surface area is 79.1 Å². The van der Waals surface area contributed by atoms with Gasteiger partial charge in [0.1, 0.15) is 5.56 Å². The fraction of sp³-hybridized carbons (Fsp3) is 0.143. The van der Waals surface area contributed by atoms with Gasteiger partial charge in [0.15, 0.2) is 9.84 Å². The van der Waals surface area contributed by atoms with E-state index in [2.05, 4.69) is 0 Å². The first kappa shape index (κ1) is 10.5. The largest absolute Gasteiger partial charge is 0.477 e. The Balaban J connectivity index is 3.50. The molecule has 0 aliphatic heterocycles. The monoisotopic (exact) mass is 217 g/mol. The standard InChI is InChI=1S/C7H7NO5S/c1-14(12,13)4-2-5(7(10)11)6(9)8-3-4/h2-3H,1H3,(H,8,9)(H,10,11). The van der Waals surface area contributed by atoms with Gasteiger partial charge in [-0.15, -0.1) is 0 Å². The molecule has 0 aliphatic carbocycles. The molecule has 14 heavy (non-hydrogen) atoms. The lowest BCUT2D eigenvalue weighted by molar-refractivity contribution is 0.0694. The maximum absolute atomic E-state index is 11.0. The van der Waals surface area contributed by atoms with E-state index in [0.717, 1.165) is 18.5 Å². The molecule has 1 rings (SSSR count). The Kier molecular flexibility index (Phi) is 2.43. The molecule has 0 fully saturated rings. The number of nitrogens with one attached hydrogen (secondary N) is 1. The fourth-order valence-corrected chi connectivity index (χ4v) is 1.44. The van der Waals surface area contributed by atoms with E-state index < -0.39 is 26.9 Å². The maximum atomic E-state index is 11.0. The van der Waals surface area contributed by atoms with Gasteiger partial charge in [-0.1, -0.05) is 0 Å². The molecule has 0 aliphatic rings. The maximum Gasteiger partial charge on any atom is 0.341 e. The number of aromatic nitrogens is 1. The van der Waals surface area contributed by atoms with Gasteiger partial charge in [0.05, 0.1) is 4.90 Å². The summed E-state index contributed by atoms with van der Waals surface area (Å²) in [5, 5.41) is 8.54. The Morgan fingerprint density at radius 2 is 2.07 bits per heavy atom. The van der Waals surface area contributed by atoms with Crippen LogP contribution in [0.25, 0.3) is 0 Å². The highest BCUT2D eigenvalue weighted by Gasteiger charge is 2.14. The number of rotatable bonds is 2. The Morgan fingerprint density at radius 3 is 2.50 bits per heavy atom. The highest BCUT2D eigenvalue weighted by atomic mass is 32.2. The van der Waals surface area contributed by atoms with Crippen LogP contribution in [0, 0.1) is 0 Å². The summed E-state index contributed by atoms with van der Waals surface area (Å²) in [6, 6.07) is 0.830. The van der Waals surface area contributed by atoms with Crippen molar-refractivity contribution in [2.24, 2.45) is 0 Å². The Bertz CT molecular complexity index is 527. The first-order valence-corrected chi connectivity index (χ1v) is 5.37. The van der Waals surface area contributed by atoms with Crippen LogP contribution in [0.3, 0.4) is 0 Å². The molecule has 0 unspecified atom stereocenters. The van der Waals surface area contributed by atoms with Crippen LogP contribution in [0.5, 0.6) is 0 Å². The molecule has 6 nitrogen and oxygen atoms in total. The third kappa shape index (κ3) is 1.99. The molecule has 1 aromatic rings. The summed E-state index contributed by atoms with van der Waals surface area (Å²) in [6.45, 7) is 0. The smallest absolute Gasteiger partial charge is 0.341 e. The zero-order valence-corrected chi connectivity index (χ0v) is 7.96. The molecule has 0 radical (unpaired) electrons. The molecule has 76 valence electrons. The number of hydrogen-bond donors (Lipinski definition) is 2. The van der Waals surface area contributed by atoms with E-state index in [1.165, 1.54) is 0 Å². The lowest BCUT2D eigenvalue weighted by atomic mass is 10.3. The van der Waals surface area contributed by atoms with Crippen LogP contribution in [0.1, 0.15) is 10.4 Å². The SMILES string of the molecule is CS(=O)(=O)c1c[nH]c(=O)c(C(=O)O)c1. The minimum absolute atomic E-state index is 0.227. The second kappa shape index (κ2) is 3.26. The highest BCUT2D eigenvalue weighted by Crippen LogP contribution is 2.06. The molecule has 0 aromatic carbocycles. The number of aromatic amines is 1. The number of hydrogen-bond acceptors (Lipinski definition) is 4. The van der Waals surface area contributed by atoms with E-state index in [1.807, 2.05) is 4.98 Å². The Morgan fingerprint density at radius 1 is 1.50 bits per heavy atom. The molecule has 1 aromatic heterocycles. The summed E-state index contributed by atoms with van der Waals surface area (Å²) in [4.78, 5) is 23.2. The molecule has 7 heteroatoms. The van der Waals surface area contributed by atoms with Gasteiger partial charge in [0.2, 0.25) is 0 Å². The van der Waals surface area contributed by atoms with Gasteiger partial charge in [0, 0.05) is 12.5 Å². The fourth-order valence-electron chi connectivity index (χ4n) is 0.837. The molecule has 1 heterocycles. The average Bonchev–Trinajstić information content (AvgIpc) is 2.02. The van der Waals surface area contributed by atoms with E-state index in [9.17, 15) is 18.0 Å². The van der Waals surface area contributed by atoms with Gasteiger partial charge in [-0.25, -0.2) is 13.2 Å². The molecule has 0 atom stereocenters. The summed E-state index contributed by atoms with van der Waals surface area (Å²) >= 11 is 0. The van der Waals surface area contributed by atoms with Crippen molar-refractivity contribution < 1.29 is 18.3 Å². The number of carbonyl (C=O) groups is 1. The van der Waals surface area contributed by atoms with Crippen molar-refractivity contribution in [1.82, 2.24) is 4.98 Å². The van der Waals surface area contributed by atoms with Crippen LogP contribution >= 0.6 is 0 Å². The lowest BCUT2D eigenvalue weighted by Crippen LogP contribution is -2.18. The zero-order valence-electron chi connectivity index (χ0n) is 7.14. The first-order chi connectivity index (χ1) is 6.32. The van der Waals surface area contributed by atoms with E-state index in [4.69, 9.17) is 5.11 Å². The van der Waals surface area contributed by atoms with Gasteiger partial charge in [-0.3, -0.25) is 4.79 Å². The summed E-state index contributed by atoms with van der Waals surface area (Å²) < 4.78 is 22.0. The number of aromatic carboxylic acids is 1. The van der Waals surface area contributed by atoms with Crippen LogP contribution in [0.4, 0.5) is 0 Å². The van der Waals surface area contributed by atoms with Gasteiger partial charge in [-0.05, 0) is 6.07 Å². The van der Waals surface area contributed by atoms with Crippen LogP contribution in [-0.4, -0.2) is 30.7 Å². The number of pyridine rings is 1. The van der Waals surface area contributed by atoms with Crippen LogP contribution < -0.4 is 5.56 Å². The van der Waals surface area contributed by atoms with Crippen molar-refractivity contribution >= 4 is 15.8 Å². The quantitative estimate of drug-likeness (QED) is 0.693. The molecule has 0 amide bonds. The second-order valence-electron chi connectivity index (χ2n) is 2.66. The van der Waals surface area contributed by atoms with Crippen molar-refractivity contribution in [2.75, 3.05) is 6.26 Å². The third-order valence-electron chi connectivity index (χ3n) is 1.54. The summed E-state index contributed by atoms with van der Waals surface area (Å²) in [5.74, 6) is -1.46. The molecule has 0 saturated carbocycles. The molecule has 2 N–H and O–H groups in total. The van der Waals surface area contributed by atoms with Gasteiger partial charge >= 0.3 is 5.97 Å². The van der Waals surface area contributed by atoms with Gasteiger partial charge < -0.3 is 10.1 Å². The lowest BCUT2D eigenvalue weighted by Gasteiger charge is -1.98. The number of carboxylic acids is 1. The normalized spacial score (nSPS) is 11.2. The van der Waals surface area contributed by atoms with Gasteiger partial charge in [-0.2, -0.15) is 0 Å². The minimum atomic E-state index is -3.51. The highest BCUT2D eigenvalue weighted by molar-refractivity contribution is 7.90. The molecule has 0 spiro atoms. The molecule has 0 saturated heterocycles. The summed E-state index contributed by atoms with van der Waals surface area (Å²) in [5.41, 5.74) is -1.42. The zero-order chi connectivity index (χ0) is 10.9. The van der Waals surface area contributed by atoms with E-state index in [-0.39, 0.29) is 4.90 Å². The van der Waals surface area contributed by atoms with Crippen LogP contribution in [0.2, 0.25) is 0 Å². The Hall–Kier alpha value is -1.63.